The molecule has 1 aromatic carbocycles. The maximum atomic E-state index is 12.3. The summed E-state index contributed by atoms with van der Waals surface area (Å²) in [4.78, 5) is 26.2. The fraction of sp³-hybridized carbons (Fsp3) is 0.524. The highest BCUT2D eigenvalue weighted by Gasteiger charge is 2.23. The quantitative estimate of drug-likeness (QED) is 0.688. The highest BCUT2D eigenvalue weighted by atomic mass is 16.2. The van der Waals surface area contributed by atoms with E-state index in [0.717, 1.165) is 24.9 Å². The Morgan fingerprint density at radius 2 is 1.85 bits per heavy atom. The second-order valence-corrected chi connectivity index (χ2v) is 7.32. The van der Waals surface area contributed by atoms with Crippen LogP contribution in [0.25, 0.3) is 0 Å². The molecule has 1 heterocycles. The monoisotopic (exact) mass is 370 g/mol. The van der Waals surface area contributed by atoms with E-state index >= 15 is 0 Å². The summed E-state index contributed by atoms with van der Waals surface area (Å²) in [7, 11) is 0. The topological polar surface area (TPSA) is 73.5 Å². The predicted octanol–water partition coefficient (Wildman–Crippen LogP) is 3.87. The van der Waals surface area contributed by atoms with Crippen LogP contribution in [-0.2, 0) is 0 Å². The van der Waals surface area contributed by atoms with E-state index in [2.05, 4.69) is 22.0 Å². The van der Waals surface area contributed by atoms with Crippen molar-refractivity contribution in [2.45, 2.75) is 51.0 Å². The molecule has 1 fully saturated rings. The van der Waals surface area contributed by atoms with E-state index in [0.29, 0.717) is 19.6 Å². The van der Waals surface area contributed by atoms with Crippen molar-refractivity contribution >= 4 is 17.7 Å². The van der Waals surface area contributed by atoms with Crippen molar-refractivity contribution in [1.29, 1.82) is 0 Å². The molecule has 0 saturated carbocycles. The van der Waals surface area contributed by atoms with Crippen molar-refractivity contribution in [2.24, 2.45) is 0 Å². The number of anilines is 1. The lowest BCUT2D eigenvalue weighted by Crippen LogP contribution is -2.50. The Bertz CT molecular complexity index is 651. The number of hydrogen-bond donors (Lipinski definition) is 3. The van der Waals surface area contributed by atoms with Gasteiger partial charge in [-0.15, -0.1) is 0 Å². The number of benzene rings is 1. The largest absolute Gasteiger partial charge is 0.338 e. The number of urea groups is 2. The Morgan fingerprint density at radius 1 is 1.07 bits per heavy atom. The van der Waals surface area contributed by atoms with Crippen LogP contribution in [0.4, 0.5) is 15.3 Å². The third-order valence-electron chi connectivity index (χ3n) is 5.26. The van der Waals surface area contributed by atoms with E-state index in [1.165, 1.54) is 31.3 Å². The van der Waals surface area contributed by atoms with E-state index in [4.69, 9.17) is 0 Å². The molecule has 2 aliphatic rings. The SMILES string of the molecule is O=C(Nc1ccccc1)NC1CCN(C(=O)NCCC2=CCCCC2)CC1. The first-order chi connectivity index (χ1) is 13.2. The van der Waals surface area contributed by atoms with E-state index in [9.17, 15) is 9.59 Å². The first-order valence-electron chi connectivity index (χ1n) is 10.0. The molecule has 0 atom stereocenters. The Balaban J connectivity index is 1.32. The van der Waals surface area contributed by atoms with E-state index in [-0.39, 0.29) is 18.1 Å². The molecule has 0 bridgehead atoms. The molecular weight excluding hydrogens is 340 g/mol. The molecule has 27 heavy (non-hydrogen) atoms. The van der Waals surface area contributed by atoms with Gasteiger partial charge in [0.1, 0.15) is 0 Å². The maximum absolute atomic E-state index is 12.3. The number of rotatable bonds is 5. The van der Waals surface area contributed by atoms with Crippen molar-refractivity contribution < 1.29 is 9.59 Å². The van der Waals surface area contributed by atoms with Gasteiger partial charge in [0.25, 0.3) is 0 Å². The lowest BCUT2D eigenvalue weighted by atomic mass is 9.97. The third kappa shape index (κ3) is 6.31. The van der Waals surface area contributed by atoms with Crippen molar-refractivity contribution in [3.8, 4) is 0 Å². The number of hydrogen-bond acceptors (Lipinski definition) is 2. The van der Waals surface area contributed by atoms with Gasteiger partial charge in [-0.1, -0.05) is 29.8 Å². The first kappa shape index (κ1) is 19.3. The molecule has 6 nitrogen and oxygen atoms in total. The number of nitrogens with zero attached hydrogens (tertiary/aromatic N) is 1. The van der Waals surface area contributed by atoms with Crippen molar-refractivity contribution in [1.82, 2.24) is 15.5 Å². The fourth-order valence-electron chi connectivity index (χ4n) is 3.67. The molecule has 6 heteroatoms. The standard InChI is InChI=1S/C21H30N4O2/c26-20(23-18-9-5-2-6-10-18)24-19-12-15-25(16-13-19)21(27)22-14-11-17-7-3-1-4-8-17/h2,5-7,9-10,19H,1,3-4,8,11-16H2,(H,22,27)(H2,23,24,26). The maximum Gasteiger partial charge on any atom is 0.319 e. The Morgan fingerprint density at radius 3 is 2.56 bits per heavy atom. The number of carbonyl (C=O) groups excluding carboxylic acids is 2. The number of para-hydroxylation sites is 1. The summed E-state index contributed by atoms with van der Waals surface area (Å²) in [6, 6.07) is 9.32. The van der Waals surface area contributed by atoms with Gasteiger partial charge in [0, 0.05) is 31.4 Å². The van der Waals surface area contributed by atoms with Gasteiger partial charge in [-0.25, -0.2) is 9.59 Å². The first-order valence-corrected chi connectivity index (χ1v) is 10.0. The second kappa shape index (κ2) is 10.00. The van der Waals surface area contributed by atoms with Crippen LogP contribution in [0.1, 0.15) is 44.9 Å². The van der Waals surface area contributed by atoms with Crippen molar-refractivity contribution in [3.05, 3.63) is 42.0 Å². The van der Waals surface area contributed by atoms with Crippen LogP contribution in [0, 0.1) is 0 Å². The van der Waals surface area contributed by atoms with Crippen molar-refractivity contribution in [3.63, 3.8) is 0 Å². The number of allylic oxidation sites excluding steroid dienone is 1. The highest BCUT2D eigenvalue weighted by molar-refractivity contribution is 5.89. The van der Waals surface area contributed by atoms with Gasteiger partial charge in [-0.3, -0.25) is 0 Å². The van der Waals surface area contributed by atoms with E-state index < -0.39 is 0 Å². The Hall–Kier alpha value is -2.50. The van der Waals surface area contributed by atoms with Crippen LogP contribution >= 0.6 is 0 Å². The van der Waals surface area contributed by atoms with Crippen LogP contribution < -0.4 is 16.0 Å². The third-order valence-corrected chi connectivity index (χ3v) is 5.26. The molecule has 1 aliphatic carbocycles. The zero-order valence-corrected chi connectivity index (χ0v) is 15.9. The molecule has 0 spiro atoms. The molecule has 0 aromatic heterocycles. The summed E-state index contributed by atoms with van der Waals surface area (Å²) in [6.07, 6.45) is 9.78. The van der Waals surface area contributed by atoms with Crippen LogP contribution in [-0.4, -0.2) is 42.6 Å². The zero-order valence-electron chi connectivity index (χ0n) is 15.9. The minimum atomic E-state index is -0.190. The highest BCUT2D eigenvalue weighted by Crippen LogP contribution is 2.19. The average molecular weight is 370 g/mol. The lowest BCUT2D eigenvalue weighted by molar-refractivity contribution is 0.177. The van der Waals surface area contributed by atoms with Gasteiger partial charge in [0.2, 0.25) is 0 Å². The molecule has 3 N–H and O–H groups in total. The lowest BCUT2D eigenvalue weighted by Gasteiger charge is -2.32. The molecule has 4 amide bonds. The van der Waals surface area contributed by atoms with Gasteiger partial charge in [0.05, 0.1) is 0 Å². The summed E-state index contributed by atoms with van der Waals surface area (Å²) >= 11 is 0. The second-order valence-electron chi connectivity index (χ2n) is 7.32. The number of amides is 4. The normalized spacial score (nSPS) is 17.8. The predicted molar refractivity (Wildman–Crippen MR) is 108 cm³/mol. The molecule has 0 radical (unpaired) electrons. The van der Waals surface area contributed by atoms with Gasteiger partial charge in [0.15, 0.2) is 0 Å². The average Bonchev–Trinajstić information content (AvgIpc) is 2.70. The summed E-state index contributed by atoms with van der Waals surface area (Å²) in [5.41, 5.74) is 2.26. The summed E-state index contributed by atoms with van der Waals surface area (Å²) < 4.78 is 0. The fourth-order valence-corrected chi connectivity index (χ4v) is 3.67. The summed E-state index contributed by atoms with van der Waals surface area (Å²) in [6.45, 7) is 2.05. The Kier molecular flexibility index (Phi) is 7.13. The van der Waals surface area contributed by atoms with Gasteiger partial charge >= 0.3 is 12.1 Å². The minimum Gasteiger partial charge on any atom is -0.338 e. The number of carbonyl (C=O) groups is 2. The van der Waals surface area contributed by atoms with Gasteiger partial charge in [-0.2, -0.15) is 0 Å². The molecule has 146 valence electrons. The molecule has 1 aliphatic heterocycles. The van der Waals surface area contributed by atoms with Crippen molar-refractivity contribution in [2.75, 3.05) is 25.0 Å². The molecule has 0 unspecified atom stereocenters. The zero-order chi connectivity index (χ0) is 18.9. The summed E-state index contributed by atoms with van der Waals surface area (Å²) in [5.74, 6) is 0. The molecular formula is C21H30N4O2. The summed E-state index contributed by atoms with van der Waals surface area (Å²) in [5, 5.41) is 8.87. The van der Waals surface area contributed by atoms with Crippen LogP contribution in [0.3, 0.4) is 0 Å². The van der Waals surface area contributed by atoms with Gasteiger partial charge in [-0.05, 0) is 57.1 Å². The molecule has 1 aromatic rings. The molecule has 1 saturated heterocycles. The Labute approximate surface area is 161 Å². The van der Waals surface area contributed by atoms with Crippen LogP contribution in [0.5, 0.6) is 0 Å². The smallest absolute Gasteiger partial charge is 0.319 e. The van der Waals surface area contributed by atoms with Crippen LogP contribution in [0.15, 0.2) is 42.0 Å². The number of likely N-dealkylation sites (tertiary alicyclic amines) is 1. The number of nitrogens with one attached hydrogen (secondary N) is 3. The van der Waals surface area contributed by atoms with E-state index in [1.807, 2.05) is 35.2 Å². The van der Waals surface area contributed by atoms with Crippen LogP contribution in [0.2, 0.25) is 0 Å². The molecule has 3 rings (SSSR count). The number of piperidine rings is 1. The van der Waals surface area contributed by atoms with Gasteiger partial charge < -0.3 is 20.9 Å². The minimum absolute atomic E-state index is 0.0126. The van der Waals surface area contributed by atoms with E-state index in [1.54, 1.807) is 0 Å².